The molecule has 0 spiro atoms. The molecule has 1 N–H and O–H groups in total. The van der Waals surface area contributed by atoms with E-state index in [0.29, 0.717) is 12.8 Å². The van der Waals surface area contributed by atoms with Crippen molar-refractivity contribution < 1.29 is 14.7 Å². The third-order valence-corrected chi connectivity index (χ3v) is 5.69. The van der Waals surface area contributed by atoms with Crippen LogP contribution >= 0.6 is 11.3 Å². The molecule has 29 heavy (non-hydrogen) atoms. The van der Waals surface area contributed by atoms with Crippen molar-refractivity contribution in [1.82, 2.24) is 4.98 Å². The summed E-state index contributed by atoms with van der Waals surface area (Å²) >= 11 is 1.56. The number of ketones is 1. The smallest absolute Gasteiger partial charge is 0.307 e. The van der Waals surface area contributed by atoms with Crippen molar-refractivity contribution in [3.63, 3.8) is 0 Å². The Hall–Kier alpha value is -3.31. The van der Waals surface area contributed by atoms with Crippen LogP contribution < -0.4 is 0 Å². The van der Waals surface area contributed by atoms with Gasteiger partial charge in [0.25, 0.3) is 0 Å². The second-order valence-electron chi connectivity index (χ2n) is 6.94. The first-order valence-electron chi connectivity index (χ1n) is 9.33. The summed E-state index contributed by atoms with van der Waals surface area (Å²) in [6.07, 6.45) is 0.611. The van der Waals surface area contributed by atoms with Gasteiger partial charge in [-0.25, -0.2) is 4.98 Å². The fraction of sp³-hybridized carbons (Fsp3) is 0.125. The molecule has 1 heterocycles. The Morgan fingerprint density at radius 2 is 1.48 bits per heavy atom. The third-order valence-electron chi connectivity index (χ3n) is 4.67. The number of benzene rings is 3. The van der Waals surface area contributed by atoms with Gasteiger partial charge in [-0.2, -0.15) is 0 Å². The molecule has 0 bridgehead atoms. The standard InChI is InChI=1S/C24H19NO3S/c26-20(12-16-6-8-17(9-7-16)13-24(27)28)15-23-25-21-11-10-19(14-22(21)29-23)18-4-2-1-3-5-18/h1-11,14H,12-13,15H2,(H,27,28). The first kappa shape index (κ1) is 19.0. The maximum absolute atomic E-state index is 12.5. The lowest BCUT2D eigenvalue weighted by atomic mass is 10.0. The number of thiazole rings is 1. The number of aliphatic carboxylic acids is 1. The number of fused-ring (bicyclic) bond motifs is 1. The molecule has 4 aromatic rings. The van der Waals surface area contributed by atoms with Crippen LogP contribution in [0.25, 0.3) is 21.3 Å². The number of aromatic nitrogens is 1. The lowest BCUT2D eigenvalue weighted by molar-refractivity contribution is -0.136. The zero-order valence-corrected chi connectivity index (χ0v) is 16.5. The van der Waals surface area contributed by atoms with Crippen LogP contribution in [-0.4, -0.2) is 21.8 Å². The second-order valence-corrected chi connectivity index (χ2v) is 8.05. The molecule has 0 aliphatic carbocycles. The van der Waals surface area contributed by atoms with Gasteiger partial charge in [-0.3, -0.25) is 9.59 Å². The van der Waals surface area contributed by atoms with Gasteiger partial charge >= 0.3 is 5.97 Å². The minimum atomic E-state index is -0.861. The zero-order valence-electron chi connectivity index (χ0n) is 15.7. The van der Waals surface area contributed by atoms with E-state index in [1.54, 1.807) is 23.5 Å². The molecule has 144 valence electrons. The monoisotopic (exact) mass is 401 g/mol. The molecule has 0 radical (unpaired) electrons. The highest BCUT2D eigenvalue weighted by molar-refractivity contribution is 7.18. The van der Waals surface area contributed by atoms with E-state index in [9.17, 15) is 9.59 Å². The Balaban J connectivity index is 1.44. The largest absolute Gasteiger partial charge is 0.481 e. The average Bonchev–Trinajstić information content (AvgIpc) is 3.11. The highest BCUT2D eigenvalue weighted by atomic mass is 32.1. The van der Waals surface area contributed by atoms with Crippen molar-refractivity contribution in [3.05, 3.63) is 88.9 Å². The van der Waals surface area contributed by atoms with Gasteiger partial charge in [0.05, 0.1) is 23.1 Å². The molecule has 0 fully saturated rings. The number of Topliss-reactive ketones (excluding diaryl/α,β-unsaturated/α-hetero) is 1. The summed E-state index contributed by atoms with van der Waals surface area (Å²) in [4.78, 5) is 27.8. The van der Waals surface area contributed by atoms with Gasteiger partial charge in [0.1, 0.15) is 10.8 Å². The summed E-state index contributed by atoms with van der Waals surface area (Å²) < 4.78 is 1.08. The maximum atomic E-state index is 12.5. The molecule has 0 saturated heterocycles. The van der Waals surface area contributed by atoms with Crippen LogP contribution in [0.4, 0.5) is 0 Å². The quantitative estimate of drug-likeness (QED) is 0.476. The number of nitrogens with zero attached hydrogens (tertiary/aromatic N) is 1. The van der Waals surface area contributed by atoms with Crippen LogP contribution in [0.15, 0.2) is 72.8 Å². The van der Waals surface area contributed by atoms with E-state index in [0.717, 1.165) is 37.5 Å². The van der Waals surface area contributed by atoms with E-state index >= 15 is 0 Å². The van der Waals surface area contributed by atoms with Crippen molar-refractivity contribution in [2.24, 2.45) is 0 Å². The van der Waals surface area contributed by atoms with Crippen LogP contribution in [-0.2, 0) is 28.9 Å². The molecule has 0 aliphatic heterocycles. The van der Waals surface area contributed by atoms with Gasteiger partial charge in [0, 0.05) is 6.42 Å². The fourth-order valence-corrected chi connectivity index (χ4v) is 4.30. The molecule has 0 unspecified atom stereocenters. The first-order chi connectivity index (χ1) is 14.1. The SMILES string of the molecule is O=C(O)Cc1ccc(CC(=O)Cc2nc3ccc(-c4ccccc4)cc3s2)cc1. The lowest BCUT2D eigenvalue weighted by Crippen LogP contribution is -2.06. The van der Waals surface area contributed by atoms with Crippen molar-refractivity contribution in [2.45, 2.75) is 19.3 Å². The predicted molar refractivity (Wildman–Crippen MR) is 115 cm³/mol. The number of rotatable bonds is 7. The summed E-state index contributed by atoms with van der Waals surface area (Å²) in [5.74, 6) is -0.765. The minimum Gasteiger partial charge on any atom is -0.481 e. The van der Waals surface area contributed by atoms with Gasteiger partial charge in [-0.05, 0) is 34.4 Å². The molecule has 0 aliphatic rings. The van der Waals surface area contributed by atoms with Gasteiger partial charge in [0.2, 0.25) is 0 Å². The number of carboxylic acid groups (broad SMARTS) is 1. The summed E-state index contributed by atoms with van der Waals surface area (Å²) in [5.41, 5.74) is 4.83. The van der Waals surface area contributed by atoms with E-state index in [-0.39, 0.29) is 12.2 Å². The highest BCUT2D eigenvalue weighted by Gasteiger charge is 2.11. The Bertz CT molecular complexity index is 1160. The van der Waals surface area contributed by atoms with Crippen LogP contribution in [0.5, 0.6) is 0 Å². The molecule has 0 atom stereocenters. The van der Waals surface area contributed by atoms with Crippen LogP contribution in [0.3, 0.4) is 0 Å². The molecule has 0 saturated carbocycles. The number of hydrogen-bond donors (Lipinski definition) is 1. The van der Waals surface area contributed by atoms with Crippen LogP contribution in [0.1, 0.15) is 16.1 Å². The van der Waals surface area contributed by atoms with Crippen LogP contribution in [0, 0.1) is 0 Å². The van der Waals surface area contributed by atoms with Gasteiger partial charge in [-0.1, -0.05) is 60.7 Å². The molecule has 0 amide bonds. The maximum Gasteiger partial charge on any atom is 0.307 e. The molecule has 5 heteroatoms. The number of carboxylic acids is 1. The highest BCUT2D eigenvalue weighted by Crippen LogP contribution is 2.28. The van der Waals surface area contributed by atoms with E-state index in [2.05, 4.69) is 29.2 Å². The van der Waals surface area contributed by atoms with Gasteiger partial charge in [0.15, 0.2) is 0 Å². The average molecular weight is 401 g/mol. The summed E-state index contributed by atoms with van der Waals surface area (Å²) in [5, 5.41) is 9.64. The van der Waals surface area contributed by atoms with Crippen molar-refractivity contribution in [3.8, 4) is 11.1 Å². The summed E-state index contributed by atoms with van der Waals surface area (Å²) in [7, 11) is 0. The lowest BCUT2D eigenvalue weighted by Gasteiger charge is -2.02. The molecular formula is C24H19NO3S. The molecular weight excluding hydrogens is 382 g/mol. The van der Waals surface area contributed by atoms with Gasteiger partial charge in [-0.15, -0.1) is 11.3 Å². The second kappa shape index (κ2) is 8.37. The van der Waals surface area contributed by atoms with Crippen LogP contribution in [0.2, 0.25) is 0 Å². The van der Waals surface area contributed by atoms with Crippen molar-refractivity contribution in [2.75, 3.05) is 0 Å². The third kappa shape index (κ3) is 4.76. The predicted octanol–water partition coefficient (Wildman–Crippen LogP) is 4.94. The Morgan fingerprint density at radius 1 is 0.793 bits per heavy atom. The first-order valence-corrected chi connectivity index (χ1v) is 10.1. The van der Waals surface area contributed by atoms with E-state index in [1.165, 1.54) is 0 Å². The van der Waals surface area contributed by atoms with E-state index in [4.69, 9.17) is 5.11 Å². The molecule has 3 aromatic carbocycles. The molecule has 4 nitrogen and oxygen atoms in total. The van der Waals surface area contributed by atoms with Crippen molar-refractivity contribution in [1.29, 1.82) is 0 Å². The number of carbonyl (C=O) groups is 2. The normalized spacial score (nSPS) is 10.9. The zero-order chi connectivity index (χ0) is 20.2. The van der Waals surface area contributed by atoms with Crippen molar-refractivity contribution >= 4 is 33.3 Å². The Morgan fingerprint density at radius 3 is 2.17 bits per heavy atom. The van der Waals surface area contributed by atoms with E-state index in [1.807, 2.05) is 36.4 Å². The Labute approximate surface area is 172 Å². The molecule has 4 rings (SSSR count). The van der Waals surface area contributed by atoms with E-state index < -0.39 is 5.97 Å². The number of carbonyl (C=O) groups excluding carboxylic acids is 1. The number of hydrogen-bond acceptors (Lipinski definition) is 4. The molecule has 1 aromatic heterocycles. The summed E-state index contributed by atoms with van der Waals surface area (Å²) in [6.45, 7) is 0. The Kier molecular flexibility index (Phi) is 5.49. The minimum absolute atomic E-state index is 0.00903. The topological polar surface area (TPSA) is 67.3 Å². The fourth-order valence-electron chi connectivity index (χ4n) is 3.27. The van der Waals surface area contributed by atoms with Gasteiger partial charge < -0.3 is 5.11 Å². The summed E-state index contributed by atoms with van der Waals surface area (Å²) in [6, 6.07) is 23.5.